The fourth-order valence-corrected chi connectivity index (χ4v) is 4.87. The number of hydrogen-bond donors (Lipinski definition) is 0. The lowest BCUT2D eigenvalue weighted by atomic mass is 9.92. The van der Waals surface area contributed by atoms with Crippen LogP contribution in [0.1, 0.15) is 20.3 Å². The second-order valence-electron chi connectivity index (χ2n) is 8.79. The van der Waals surface area contributed by atoms with E-state index < -0.39 is 0 Å². The van der Waals surface area contributed by atoms with E-state index in [2.05, 4.69) is 18.5 Å². The van der Waals surface area contributed by atoms with Crippen molar-refractivity contribution < 1.29 is 14.3 Å². The van der Waals surface area contributed by atoms with Gasteiger partial charge >= 0.3 is 0 Å². The predicted octanol–water partition coefficient (Wildman–Crippen LogP) is 2.26. The number of rotatable bonds is 4. The second kappa shape index (κ2) is 7.70. The van der Waals surface area contributed by atoms with Crippen molar-refractivity contribution >= 4 is 29.3 Å². The van der Waals surface area contributed by atoms with Gasteiger partial charge in [-0.15, -0.1) is 0 Å². The summed E-state index contributed by atoms with van der Waals surface area (Å²) < 4.78 is 20.9. The standard InChI is InChI=1S/C21H27N5O3S/c1-21(2)7-8-26(20(21)27)19-18(22-30-23-19)25-11-9-24(10-12-25)13-15-14-28-16-5-3-4-6-17(16)29-15/h3-6,15H,7-14H2,1-2H3. The molecular weight excluding hydrogens is 402 g/mol. The van der Waals surface area contributed by atoms with Gasteiger partial charge < -0.3 is 14.4 Å². The lowest BCUT2D eigenvalue weighted by Crippen LogP contribution is -2.51. The lowest BCUT2D eigenvalue weighted by Gasteiger charge is -2.37. The summed E-state index contributed by atoms with van der Waals surface area (Å²) in [6.07, 6.45) is 0.885. The number of para-hydroxylation sites is 2. The maximum absolute atomic E-state index is 12.7. The van der Waals surface area contributed by atoms with Gasteiger partial charge in [-0.3, -0.25) is 14.6 Å². The van der Waals surface area contributed by atoms with Crippen LogP contribution in [0.5, 0.6) is 11.5 Å². The quantitative estimate of drug-likeness (QED) is 0.738. The van der Waals surface area contributed by atoms with Crippen molar-refractivity contribution in [2.75, 3.05) is 55.7 Å². The first-order chi connectivity index (χ1) is 14.5. The van der Waals surface area contributed by atoms with E-state index >= 15 is 0 Å². The minimum Gasteiger partial charge on any atom is -0.486 e. The molecule has 5 rings (SSSR count). The average molecular weight is 430 g/mol. The van der Waals surface area contributed by atoms with Crippen molar-refractivity contribution in [2.24, 2.45) is 5.41 Å². The molecule has 9 heteroatoms. The number of amides is 1. The van der Waals surface area contributed by atoms with Crippen LogP contribution in [0, 0.1) is 5.41 Å². The van der Waals surface area contributed by atoms with E-state index in [1.807, 2.05) is 43.0 Å². The van der Waals surface area contributed by atoms with Crippen molar-refractivity contribution in [3.8, 4) is 11.5 Å². The number of nitrogens with zero attached hydrogens (tertiary/aromatic N) is 5. The number of carbonyl (C=O) groups is 1. The van der Waals surface area contributed by atoms with Crippen LogP contribution in [0.25, 0.3) is 0 Å². The Bertz CT molecular complexity index is 925. The molecule has 1 aromatic heterocycles. The van der Waals surface area contributed by atoms with E-state index in [-0.39, 0.29) is 17.4 Å². The summed E-state index contributed by atoms with van der Waals surface area (Å²) in [6, 6.07) is 7.82. The summed E-state index contributed by atoms with van der Waals surface area (Å²) in [5.41, 5.74) is -0.319. The zero-order valence-corrected chi connectivity index (χ0v) is 18.2. The number of benzene rings is 1. The Morgan fingerprint density at radius 3 is 2.53 bits per heavy atom. The van der Waals surface area contributed by atoms with E-state index in [4.69, 9.17) is 9.47 Å². The van der Waals surface area contributed by atoms with E-state index in [0.29, 0.717) is 13.2 Å². The monoisotopic (exact) mass is 429 g/mol. The molecule has 3 aliphatic heterocycles. The highest BCUT2D eigenvalue weighted by molar-refractivity contribution is 6.99. The molecule has 2 saturated heterocycles. The van der Waals surface area contributed by atoms with Gasteiger partial charge in [0.1, 0.15) is 12.7 Å². The Morgan fingerprint density at radius 2 is 1.80 bits per heavy atom. The van der Waals surface area contributed by atoms with E-state index in [1.54, 1.807) is 0 Å². The topological polar surface area (TPSA) is 71.0 Å². The number of aromatic nitrogens is 2. The van der Waals surface area contributed by atoms with Crippen molar-refractivity contribution in [1.82, 2.24) is 13.6 Å². The van der Waals surface area contributed by atoms with Gasteiger partial charge in [-0.25, -0.2) is 0 Å². The molecule has 30 heavy (non-hydrogen) atoms. The van der Waals surface area contributed by atoms with Gasteiger partial charge in [0, 0.05) is 44.7 Å². The second-order valence-corrected chi connectivity index (χ2v) is 9.32. The molecule has 1 aromatic carbocycles. The van der Waals surface area contributed by atoms with Crippen LogP contribution in [0.3, 0.4) is 0 Å². The van der Waals surface area contributed by atoms with E-state index in [1.165, 1.54) is 11.7 Å². The Labute approximate surface area is 180 Å². The van der Waals surface area contributed by atoms with Crippen LogP contribution < -0.4 is 19.3 Å². The minimum atomic E-state index is -0.319. The van der Waals surface area contributed by atoms with Crippen LogP contribution >= 0.6 is 11.7 Å². The molecule has 0 saturated carbocycles. The summed E-state index contributed by atoms with van der Waals surface area (Å²) in [5.74, 6) is 3.36. The van der Waals surface area contributed by atoms with Crippen LogP contribution in [-0.2, 0) is 4.79 Å². The van der Waals surface area contributed by atoms with Gasteiger partial charge in [-0.2, -0.15) is 8.75 Å². The fraction of sp³-hybridized carbons (Fsp3) is 0.571. The Balaban J connectivity index is 1.19. The smallest absolute Gasteiger partial charge is 0.233 e. The summed E-state index contributed by atoms with van der Waals surface area (Å²) in [6.45, 7) is 9.67. The highest BCUT2D eigenvalue weighted by atomic mass is 32.1. The normalized spacial score (nSPS) is 23.8. The molecule has 1 unspecified atom stereocenters. The minimum absolute atomic E-state index is 0.0346. The molecule has 1 atom stereocenters. The first-order valence-corrected chi connectivity index (χ1v) is 11.2. The molecular formula is C21H27N5O3S. The number of anilines is 2. The van der Waals surface area contributed by atoms with Gasteiger partial charge in [0.25, 0.3) is 0 Å². The summed E-state index contributed by atoms with van der Waals surface area (Å²) in [5, 5.41) is 0. The number of ether oxygens (including phenoxy) is 2. The van der Waals surface area contributed by atoms with E-state index in [9.17, 15) is 4.79 Å². The first kappa shape index (κ1) is 19.6. The highest BCUT2D eigenvalue weighted by Crippen LogP contribution is 2.37. The third-order valence-electron chi connectivity index (χ3n) is 6.20. The fourth-order valence-electron chi connectivity index (χ4n) is 4.30. The number of carbonyl (C=O) groups excluding carboxylic acids is 1. The summed E-state index contributed by atoms with van der Waals surface area (Å²) in [4.78, 5) is 19.2. The third-order valence-corrected chi connectivity index (χ3v) is 6.71. The molecule has 0 bridgehead atoms. The molecule has 1 amide bonds. The van der Waals surface area contributed by atoms with Gasteiger partial charge in [0.2, 0.25) is 5.91 Å². The Kier molecular flexibility index (Phi) is 5.02. The van der Waals surface area contributed by atoms with Crippen LogP contribution in [0.15, 0.2) is 24.3 Å². The molecule has 4 heterocycles. The molecule has 2 aromatic rings. The molecule has 2 fully saturated rings. The van der Waals surface area contributed by atoms with Crippen molar-refractivity contribution in [2.45, 2.75) is 26.4 Å². The zero-order valence-electron chi connectivity index (χ0n) is 17.4. The lowest BCUT2D eigenvalue weighted by molar-refractivity contribution is -0.124. The number of hydrogen-bond acceptors (Lipinski definition) is 8. The largest absolute Gasteiger partial charge is 0.486 e. The maximum atomic E-state index is 12.7. The zero-order chi connectivity index (χ0) is 20.7. The van der Waals surface area contributed by atoms with Gasteiger partial charge in [-0.05, 0) is 18.6 Å². The van der Waals surface area contributed by atoms with E-state index in [0.717, 1.165) is 62.3 Å². The molecule has 3 aliphatic rings. The van der Waals surface area contributed by atoms with Gasteiger partial charge in [0.05, 0.1) is 11.7 Å². The molecule has 0 spiro atoms. The van der Waals surface area contributed by atoms with Crippen molar-refractivity contribution in [1.29, 1.82) is 0 Å². The molecule has 160 valence electrons. The molecule has 8 nitrogen and oxygen atoms in total. The molecule has 0 radical (unpaired) electrons. The van der Waals surface area contributed by atoms with Crippen LogP contribution in [0.4, 0.5) is 11.6 Å². The number of fused-ring (bicyclic) bond motifs is 1. The van der Waals surface area contributed by atoms with Gasteiger partial charge in [0.15, 0.2) is 23.1 Å². The third kappa shape index (κ3) is 3.60. The molecule has 0 aliphatic carbocycles. The first-order valence-electron chi connectivity index (χ1n) is 10.5. The highest BCUT2D eigenvalue weighted by Gasteiger charge is 2.42. The maximum Gasteiger partial charge on any atom is 0.233 e. The average Bonchev–Trinajstić information content (AvgIpc) is 3.33. The summed E-state index contributed by atoms with van der Waals surface area (Å²) in [7, 11) is 0. The number of piperazine rings is 1. The molecule has 0 N–H and O–H groups in total. The summed E-state index contributed by atoms with van der Waals surface area (Å²) >= 11 is 1.19. The predicted molar refractivity (Wildman–Crippen MR) is 116 cm³/mol. The Hall–Kier alpha value is -2.39. The SMILES string of the molecule is CC1(C)CCN(c2nsnc2N2CCN(CC3COc4ccccc4O3)CC2)C1=O. The van der Waals surface area contributed by atoms with Gasteiger partial charge in [-0.1, -0.05) is 26.0 Å². The van der Waals surface area contributed by atoms with Crippen molar-refractivity contribution in [3.05, 3.63) is 24.3 Å². The van der Waals surface area contributed by atoms with Crippen LogP contribution in [0.2, 0.25) is 0 Å². The van der Waals surface area contributed by atoms with Crippen molar-refractivity contribution in [3.63, 3.8) is 0 Å². The Morgan fingerprint density at radius 1 is 1.07 bits per heavy atom. The van der Waals surface area contributed by atoms with Crippen LogP contribution in [-0.4, -0.2) is 71.5 Å².